The molecular weight excluding hydrogens is 609 g/mol. The Morgan fingerprint density at radius 2 is 1.77 bits per heavy atom. The van der Waals surface area contributed by atoms with E-state index in [2.05, 4.69) is 26.3 Å². The van der Waals surface area contributed by atoms with E-state index in [1.54, 1.807) is 24.4 Å². The van der Waals surface area contributed by atoms with Gasteiger partial charge in [-0.2, -0.15) is 5.10 Å². The number of aryl methyl sites for hydroxylation is 2. The largest absolute Gasteiger partial charge is 0.346 e. The van der Waals surface area contributed by atoms with Gasteiger partial charge in [-0.1, -0.05) is 18.2 Å². The first-order chi connectivity index (χ1) is 19.2. The monoisotopic (exact) mass is 628 g/mol. The zero-order valence-corrected chi connectivity index (χ0v) is 23.1. The summed E-state index contributed by atoms with van der Waals surface area (Å²) in [6, 6.07) is 8.97. The predicted molar refractivity (Wildman–Crippen MR) is 145 cm³/mol. The number of carbonyl (C=O) groups is 3. The van der Waals surface area contributed by atoms with Gasteiger partial charge < -0.3 is 5.32 Å². The van der Waals surface area contributed by atoms with Crippen molar-refractivity contribution >= 4 is 45.0 Å². The number of carbonyl (C=O) groups excluding carboxylic acids is 3. The molecule has 0 bridgehead atoms. The van der Waals surface area contributed by atoms with E-state index in [4.69, 9.17) is 0 Å². The second-order valence-corrected chi connectivity index (χ2v) is 11.6. The van der Waals surface area contributed by atoms with Crippen molar-refractivity contribution in [3.8, 4) is 11.3 Å². The Balaban J connectivity index is 1.31. The summed E-state index contributed by atoms with van der Waals surface area (Å²) < 4.78 is 44.9. The Morgan fingerprint density at radius 1 is 1.05 bits per heavy atom. The van der Waals surface area contributed by atoms with Gasteiger partial charge in [0.25, 0.3) is 17.7 Å². The highest BCUT2D eigenvalue weighted by Crippen LogP contribution is 2.39. The molecule has 1 unspecified atom stereocenters. The van der Waals surface area contributed by atoms with E-state index in [1.165, 1.54) is 23.5 Å². The van der Waals surface area contributed by atoms with Crippen molar-refractivity contribution in [1.82, 2.24) is 20.0 Å². The van der Waals surface area contributed by atoms with Gasteiger partial charge in [0.05, 0.1) is 38.4 Å². The molecule has 2 aromatic carbocycles. The number of nitrogens with one attached hydrogen (secondary N) is 1. The molecule has 3 amide bonds. The number of nitrogens with zero attached hydrogens (tertiary/aromatic N) is 3. The zero-order chi connectivity index (χ0) is 28.1. The molecule has 0 radical (unpaired) electrons. The predicted octanol–water partition coefficient (Wildman–Crippen LogP) is 5.37. The van der Waals surface area contributed by atoms with Crippen molar-refractivity contribution in [2.24, 2.45) is 0 Å². The summed E-state index contributed by atoms with van der Waals surface area (Å²) in [4.78, 5) is 41.9. The van der Waals surface area contributed by atoms with Gasteiger partial charge in [0.2, 0.25) is 0 Å². The van der Waals surface area contributed by atoms with Crippen molar-refractivity contribution in [3.05, 3.63) is 97.0 Å². The standard InChI is InChI=1S/C28H20BrF3N4O3S/c29-19-12-33-36-9-3-6-21-18(25(19)36)11-22(40-21)26(37)34-15(10-14-7-8-20(30)24(32)23(14)31)13-35-27(38)16-4-1-2-5-17(16)28(35)39/h1-2,4-5,7-8,11-12,15H,3,6,9-10,13H2,(H,34,37). The average molecular weight is 629 g/mol. The third-order valence-electron chi connectivity index (χ3n) is 7.05. The molecular formula is C28H20BrF3N4O3S. The molecule has 0 fully saturated rings. The lowest BCUT2D eigenvalue weighted by atomic mass is 10.0. The lowest BCUT2D eigenvalue weighted by Crippen LogP contribution is -2.47. The van der Waals surface area contributed by atoms with E-state index in [1.807, 2.05) is 4.68 Å². The number of hydrogen-bond donors (Lipinski definition) is 1. The zero-order valence-electron chi connectivity index (χ0n) is 20.7. The number of rotatable bonds is 6. The minimum absolute atomic E-state index is 0.199. The fraction of sp³-hybridized carbons (Fsp3) is 0.214. The summed E-state index contributed by atoms with van der Waals surface area (Å²) in [5.41, 5.74) is 1.99. The van der Waals surface area contributed by atoms with Crippen LogP contribution >= 0.6 is 27.3 Å². The van der Waals surface area contributed by atoms with Gasteiger partial charge in [0, 0.05) is 23.5 Å². The van der Waals surface area contributed by atoms with Crippen LogP contribution in [0.5, 0.6) is 0 Å². The summed E-state index contributed by atoms with van der Waals surface area (Å²) >= 11 is 4.85. The molecule has 0 aliphatic carbocycles. The van der Waals surface area contributed by atoms with E-state index in [-0.39, 0.29) is 29.7 Å². The second kappa shape index (κ2) is 10.3. The molecule has 0 saturated carbocycles. The lowest BCUT2D eigenvalue weighted by molar-refractivity contribution is 0.0628. The highest BCUT2D eigenvalue weighted by atomic mass is 79.9. The van der Waals surface area contributed by atoms with E-state index in [9.17, 15) is 27.6 Å². The summed E-state index contributed by atoms with van der Waals surface area (Å²) in [5.74, 6) is -5.95. The highest BCUT2D eigenvalue weighted by Gasteiger charge is 2.37. The van der Waals surface area contributed by atoms with Crippen molar-refractivity contribution in [3.63, 3.8) is 0 Å². The van der Waals surface area contributed by atoms with Crippen LogP contribution in [0.3, 0.4) is 0 Å². The number of hydrogen-bond acceptors (Lipinski definition) is 5. The van der Waals surface area contributed by atoms with Crippen molar-refractivity contribution in [2.45, 2.75) is 31.8 Å². The first-order valence-corrected chi connectivity index (χ1v) is 14.1. The number of amides is 3. The maximum atomic E-state index is 14.6. The maximum absolute atomic E-state index is 14.6. The summed E-state index contributed by atoms with van der Waals surface area (Å²) in [6.45, 7) is 0.450. The van der Waals surface area contributed by atoms with Crippen molar-refractivity contribution in [1.29, 1.82) is 0 Å². The summed E-state index contributed by atoms with van der Waals surface area (Å²) in [7, 11) is 0. The Bertz CT molecular complexity index is 1670. The molecule has 7 nitrogen and oxygen atoms in total. The van der Waals surface area contributed by atoms with Gasteiger partial charge in [0.1, 0.15) is 0 Å². The third-order valence-corrected chi connectivity index (χ3v) is 8.83. The number of aromatic nitrogens is 2. The highest BCUT2D eigenvalue weighted by molar-refractivity contribution is 9.10. The maximum Gasteiger partial charge on any atom is 0.261 e. The van der Waals surface area contributed by atoms with Gasteiger partial charge in [0.15, 0.2) is 17.5 Å². The first-order valence-electron chi connectivity index (χ1n) is 12.5. The van der Waals surface area contributed by atoms with Crippen LogP contribution in [0.1, 0.15) is 47.2 Å². The summed E-state index contributed by atoms with van der Waals surface area (Å²) in [5, 5.41) is 7.19. The van der Waals surface area contributed by atoms with E-state index in [0.717, 1.165) is 57.0 Å². The molecule has 1 atom stereocenters. The Morgan fingerprint density at radius 3 is 2.50 bits per heavy atom. The van der Waals surface area contributed by atoms with Gasteiger partial charge in [-0.3, -0.25) is 24.0 Å². The smallest absolute Gasteiger partial charge is 0.261 e. The van der Waals surface area contributed by atoms with E-state index < -0.39 is 41.2 Å². The fourth-order valence-electron chi connectivity index (χ4n) is 5.15. The van der Waals surface area contributed by atoms with Crippen LogP contribution in [0.25, 0.3) is 11.3 Å². The Hall–Kier alpha value is -3.77. The molecule has 0 spiro atoms. The van der Waals surface area contributed by atoms with Gasteiger partial charge in [-0.15, -0.1) is 11.3 Å². The van der Waals surface area contributed by atoms with Gasteiger partial charge >= 0.3 is 0 Å². The van der Waals surface area contributed by atoms with Crippen LogP contribution in [0.4, 0.5) is 13.2 Å². The Kier molecular flexibility index (Phi) is 6.83. The van der Waals surface area contributed by atoms with Crippen LogP contribution in [0.2, 0.25) is 0 Å². The minimum Gasteiger partial charge on any atom is -0.346 e. The molecule has 0 saturated heterocycles. The normalized spacial score (nSPS) is 14.9. The SMILES string of the molecule is O=C(NC(Cc1ccc(F)c(F)c1F)CN1C(=O)c2ccccc2C1=O)c1cc2c(s1)CCCn1ncc(Br)c1-2. The Labute approximate surface area is 238 Å². The molecule has 2 aliphatic rings. The molecule has 12 heteroatoms. The van der Waals surface area contributed by atoms with Crippen molar-refractivity contribution < 1.29 is 27.6 Å². The van der Waals surface area contributed by atoms with Crippen LogP contribution in [-0.2, 0) is 19.4 Å². The fourth-order valence-corrected chi connectivity index (χ4v) is 6.76. The van der Waals surface area contributed by atoms with Crippen LogP contribution in [-0.4, -0.2) is 45.0 Å². The molecule has 2 aromatic heterocycles. The number of imide groups is 1. The number of halogens is 4. The minimum atomic E-state index is -1.63. The van der Waals surface area contributed by atoms with Gasteiger partial charge in [-0.25, -0.2) is 13.2 Å². The van der Waals surface area contributed by atoms with E-state index >= 15 is 0 Å². The molecule has 40 heavy (non-hydrogen) atoms. The number of fused-ring (bicyclic) bond motifs is 4. The molecule has 4 aromatic rings. The second-order valence-electron chi connectivity index (χ2n) is 9.59. The van der Waals surface area contributed by atoms with Crippen LogP contribution < -0.4 is 5.32 Å². The third kappa shape index (κ3) is 4.54. The molecule has 2 aliphatic heterocycles. The van der Waals surface area contributed by atoms with Crippen molar-refractivity contribution in [2.75, 3.05) is 6.54 Å². The van der Waals surface area contributed by atoms with Crippen LogP contribution in [0, 0.1) is 17.5 Å². The van der Waals surface area contributed by atoms with E-state index in [0.29, 0.717) is 4.88 Å². The quantitative estimate of drug-likeness (QED) is 0.230. The lowest BCUT2D eigenvalue weighted by Gasteiger charge is -2.24. The topological polar surface area (TPSA) is 84.3 Å². The number of benzene rings is 2. The first kappa shape index (κ1) is 26.5. The summed E-state index contributed by atoms with van der Waals surface area (Å²) in [6.07, 6.45) is 3.01. The molecule has 1 N–H and O–H groups in total. The molecule has 6 rings (SSSR count). The van der Waals surface area contributed by atoms with Crippen LogP contribution in [0.15, 0.2) is 53.1 Å². The average Bonchev–Trinajstić information content (AvgIpc) is 3.56. The number of thiophene rings is 1. The molecule has 4 heterocycles. The molecule has 204 valence electrons. The van der Waals surface area contributed by atoms with Gasteiger partial charge in [-0.05, 0) is 65.0 Å².